The molecule has 0 rings (SSSR count). The van der Waals surface area contributed by atoms with Crippen LogP contribution in [-0.2, 0) is 28.6 Å². The molecule has 0 fully saturated rings. The molecule has 0 aromatic heterocycles. The Bertz CT molecular complexity index is 978. The molecule has 0 aliphatic heterocycles. The predicted molar refractivity (Wildman–Crippen MR) is 275 cm³/mol. The second-order valence-electron chi connectivity index (χ2n) is 20.9. The molecule has 64 heavy (non-hydrogen) atoms. The number of rotatable bonds is 52. The zero-order valence-corrected chi connectivity index (χ0v) is 43.9. The van der Waals surface area contributed by atoms with Gasteiger partial charge >= 0.3 is 17.9 Å². The summed E-state index contributed by atoms with van der Waals surface area (Å²) < 4.78 is 16.9. The highest BCUT2D eigenvalue weighted by Crippen LogP contribution is 2.18. The quantitative estimate of drug-likeness (QED) is 0.0344. The van der Waals surface area contributed by atoms with E-state index in [1.807, 2.05) is 0 Å². The fourth-order valence-corrected chi connectivity index (χ4v) is 8.87. The van der Waals surface area contributed by atoms with Crippen molar-refractivity contribution in [2.45, 2.75) is 330 Å². The predicted octanol–water partition coefficient (Wildman–Crippen LogP) is 18.9. The molecule has 0 aliphatic carbocycles. The zero-order valence-electron chi connectivity index (χ0n) is 43.9. The summed E-state index contributed by atoms with van der Waals surface area (Å²) in [5.41, 5.74) is 0. The third kappa shape index (κ3) is 51.4. The van der Waals surface area contributed by atoms with E-state index >= 15 is 0 Å². The van der Waals surface area contributed by atoms with Crippen LogP contribution in [0.4, 0.5) is 0 Å². The molecule has 0 N–H and O–H groups in total. The average molecular weight is 906 g/mol. The molecule has 0 bridgehead atoms. The number of unbranched alkanes of at least 4 members (excludes halogenated alkanes) is 37. The van der Waals surface area contributed by atoms with Crippen LogP contribution in [0.15, 0.2) is 0 Å². The van der Waals surface area contributed by atoms with Crippen LogP contribution in [0.2, 0.25) is 0 Å². The molecular weight excluding hydrogens is 793 g/mol. The minimum absolute atomic E-state index is 0.0629. The normalized spacial score (nSPS) is 12.0. The van der Waals surface area contributed by atoms with Gasteiger partial charge in [0, 0.05) is 19.3 Å². The van der Waals surface area contributed by atoms with Crippen molar-refractivity contribution < 1.29 is 28.6 Å². The maximum absolute atomic E-state index is 12.8. The Hall–Kier alpha value is -1.59. The van der Waals surface area contributed by atoms with Crippen LogP contribution >= 0.6 is 0 Å². The Morgan fingerprint density at radius 1 is 0.297 bits per heavy atom. The number of esters is 3. The molecule has 0 heterocycles. The largest absolute Gasteiger partial charge is 0.462 e. The maximum atomic E-state index is 12.8. The first-order valence-electron chi connectivity index (χ1n) is 28.7. The molecule has 0 radical (unpaired) electrons. The van der Waals surface area contributed by atoms with Gasteiger partial charge in [-0.25, -0.2) is 0 Å². The molecule has 0 aromatic rings. The van der Waals surface area contributed by atoms with Crippen molar-refractivity contribution in [1.82, 2.24) is 0 Å². The zero-order chi connectivity index (χ0) is 46.8. The van der Waals surface area contributed by atoms with Gasteiger partial charge in [-0.05, 0) is 31.1 Å². The molecule has 0 unspecified atom stereocenters. The minimum Gasteiger partial charge on any atom is -0.462 e. The maximum Gasteiger partial charge on any atom is 0.306 e. The molecule has 0 spiro atoms. The van der Waals surface area contributed by atoms with Gasteiger partial charge in [0.2, 0.25) is 0 Å². The summed E-state index contributed by atoms with van der Waals surface area (Å²) in [5.74, 6) is 0.817. The second-order valence-corrected chi connectivity index (χ2v) is 20.9. The number of hydrogen-bond donors (Lipinski definition) is 0. The van der Waals surface area contributed by atoms with Gasteiger partial charge in [0.25, 0.3) is 0 Å². The highest BCUT2D eigenvalue weighted by Gasteiger charge is 2.19. The highest BCUT2D eigenvalue weighted by atomic mass is 16.6. The standard InChI is InChI=1S/C58H112O6/c1-6-7-8-9-10-11-12-13-14-17-21-24-29-35-40-45-50-58(61)64-55(52-63-57(60)49-44-39-34-30-25-27-32-37-42-47-54(4)5)51-62-56(59)48-43-38-33-28-23-20-18-15-16-19-22-26-31-36-41-46-53(2)3/h53-55H,6-52H2,1-5H3/t55-/m1/s1. The van der Waals surface area contributed by atoms with Crippen molar-refractivity contribution in [3.63, 3.8) is 0 Å². The number of ether oxygens (including phenoxy) is 3. The van der Waals surface area contributed by atoms with Crippen molar-refractivity contribution in [3.05, 3.63) is 0 Å². The SMILES string of the molecule is CCCCCCCCCCCCCCCCCCC(=O)O[C@H](COC(=O)CCCCCCCCCCCCCCCCCC(C)C)COC(=O)CCCCCCCCCCCC(C)C. The van der Waals surface area contributed by atoms with Gasteiger partial charge in [-0.1, -0.05) is 285 Å². The Labute approximate surface area is 399 Å². The smallest absolute Gasteiger partial charge is 0.306 e. The van der Waals surface area contributed by atoms with Crippen molar-refractivity contribution in [1.29, 1.82) is 0 Å². The minimum atomic E-state index is -0.762. The first-order chi connectivity index (χ1) is 31.2. The van der Waals surface area contributed by atoms with Gasteiger partial charge in [0.1, 0.15) is 13.2 Å². The summed E-state index contributed by atoms with van der Waals surface area (Å²) in [6, 6.07) is 0. The molecule has 0 amide bonds. The summed E-state index contributed by atoms with van der Waals surface area (Å²) in [4.78, 5) is 38.1. The van der Waals surface area contributed by atoms with Crippen LogP contribution in [0.5, 0.6) is 0 Å². The van der Waals surface area contributed by atoms with E-state index < -0.39 is 6.10 Å². The fourth-order valence-electron chi connectivity index (χ4n) is 8.87. The van der Waals surface area contributed by atoms with Crippen LogP contribution in [-0.4, -0.2) is 37.2 Å². The Morgan fingerprint density at radius 2 is 0.516 bits per heavy atom. The summed E-state index contributed by atoms with van der Waals surface area (Å²) in [6.45, 7) is 11.4. The molecule has 0 saturated heterocycles. The lowest BCUT2D eigenvalue weighted by Crippen LogP contribution is -2.30. The van der Waals surface area contributed by atoms with E-state index in [0.717, 1.165) is 69.6 Å². The molecule has 6 nitrogen and oxygen atoms in total. The molecular formula is C58H112O6. The first-order valence-corrected chi connectivity index (χ1v) is 28.7. The van der Waals surface area contributed by atoms with Crippen LogP contribution < -0.4 is 0 Å². The van der Waals surface area contributed by atoms with E-state index in [9.17, 15) is 14.4 Å². The molecule has 380 valence electrons. The van der Waals surface area contributed by atoms with Gasteiger partial charge < -0.3 is 14.2 Å². The number of carbonyl (C=O) groups is 3. The molecule has 0 aromatic carbocycles. The van der Waals surface area contributed by atoms with Crippen LogP contribution in [0.1, 0.15) is 324 Å². The van der Waals surface area contributed by atoms with Gasteiger partial charge in [0.05, 0.1) is 0 Å². The Balaban J connectivity index is 4.28. The van der Waals surface area contributed by atoms with Gasteiger partial charge in [-0.2, -0.15) is 0 Å². The van der Waals surface area contributed by atoms with Crippen molar-refractivity contribution in [2.75, 3.05) is 13.2 Å². The van der Waals surface area contributed by atoms with Crippen LogP contribution in [0, 0.1) is 11.8 Å². The van der Waals surface area contributed by atoms with E-state index in [4.69, 9.17) is 14.2 Å². The number of hydrogen-bond acceptors (Lipinski definition) is 6. The van der Waals surface area contributed by atoms with E-state index in [0.29, 0.717) is 19.3 Å². The third-order valence-corrected chi connectivity index (χ3v) is 13.2. The molecule has 1 atom stereocenters. The highest BCUT2D eigenvalue weighted by molar-refractivity contribution is 5.71. The van der Waals surface area contributed by atoms with E-state index in [1.165, 1.54) is 212 Å². The fraction of sp³-hybridized carbons (Fsp3) is 0.948. The van der Waals surface area contributed by atoms with Crippen molar-refractivity contribution in [3.8, 4) is 0 Å². The van der Waals surface area contributed by atoms with Crippen molar-refractivity contribution in [2.24, 2.45) is 11.8 Å². The third-order valence-electron chi connectivity index (χ3n) is 13.2. The van der Waals surface area contributed by atoms with E-state index in [1.54, 1.807) is 0 Å². The van der Waals surface area contributed by atoms with Crippen LogP contribution in [0.3, 0.4) is 0 Å². The molecule has 6 heteroatoms. The number of carbonyl (C=O) groups excluding carboxylic acids is 3. The lowest BCUT2D eigenvalue weighted by molar-refractivity contribution is -0.167. The van der Waals surface area contributed by atoms with Gasteiger partial charge in [-0.15, -0.1) is 0 Å². The molecule has 0 aliphatic rings. The second kappa shape index (κ2) is 50.8. The van der Waals surface area contributed by atoms with Gasteiger partial charge in [-0.3, -0.25) is 14.4 Å². The summed E-state index contributed by atoms with van der Waals surface area (Å²) in [6.07, 6.45) is 53.8. The topological polar surface area (TPSA) is 78.9 Å². The average Bonchev–Trinajstić information content (AvgIpc) is 3.27. The van der Waals surface area contributed by atoms with Crippen molar-refractivity contribution >= 4 is 17.9 Å². The summed E-state index contributed by atoms with van der Waals surface area (Å²) in [7, 11) is 0. The van der Waals surface area contributed by atoms with Crippen LogP contribution in [0.25, 0.3) is 0 Å². The summed E-state index contributed by atoms with van der Waals surface area (Å²) >= 11 is 0. The molecule has 0 saturated carbocycles. The lowest BCUT2D eigenvalue weighted by atomic mass is 10.0. The lowest BCUT2D eigenvalue weighted by Gasteiger charge is -2.18. The Kier molecular flexibility index (Phi) is 49.6. The van der Waals surface area contributed by atoms with E-state index in [2.05, 4.69) is 34.6 Å². The van der Waals surface area contributed by atoms with Gasteiger partial charge in [0.15, 0.2) is 6.10 Å². The van der Waals surface area contributed by atoms with E-state index in [-0.39, 0.29) is 31.1 Å². The first kappa shape index (κ1) is 62.4. The monoisotopic (exact) mass is 905 g/mol. The summed E-state index contributed by atoms with van der Waals surface area (Å²) in [5, 5.41) is 0. The Morgan fingerprint density at radius 3 is 0.766 bits per heavy atom.